The first kappa shape index (κ1) is 37.0. The first-order chi connectivity index (χ1) is 26.9. The van der Waals surface area contributed by atoms with Gasteiger partial charge in [0.2, 0.25) is 5.91 Å². The Morgan fingerprint density at radius 2 is 1.95 bits per heavy atom. The Morgan fingerprint density at radius 3 is 2.62 bits per heavy atom. The van der Waals surface area contributed by atoms with Gasteiger partial charge < -0.3 is 24.3 Å². The number of likely N-dealkylation sites (tertiary alicyclic amines) is 1. The van der Waals surface area contributed by atoms with E-state index in [0.717, 1.165) is 48.5 Å². The van der Waals surface area contributed by atoms with Crippen LogP contribution in [0.25, 0.3) is 32.9 Å². The van der Waals surface area contributed by atoms with Crippen LogP contribution in [0.1, 0.15) is 66.7 Å². The van der Waals surface area contributed by atoms with E-state index in [9.17, 15) is 23.2 Å². The second-order valence-corrected chi connectivity index (χ2v) is 16.1. The maximum Gasteiger partial charge on any atom is 0.418 e. The molecular formula is C41H36Cl2F4N6O3. The molecule has 290 valence electrons. The predicted octanol–water partition coefficient (Wildman–Crippen LogP) is 9.15. The first-order valence-electron chi connectivity index (χ1n) is 18.7. The number of carbonyl (C=O) groups excluding carboxylic acids is 1. The number of nitrogens with one attached hydrogen (secondary N) is 1. The smallest absolute Gasteiger partial charge is 0.418 e. The van der Waals surface area contributed by atoms with Crippen molar-refractivity contribution in [3.8, 4) is 28.8 Å². The SMILES string of the molecule is COc1ncc(C(F)(F)F)cc1O[C@H]1C[C@H](c2cc3c(C)nc4c(F)c(-c5cccc(Cl)c5Cl)c(CCC#N)cc4c3n2[C@H]2[C@H]3CN[C@@H]2C3)N(C(=O)C2CC2)C1. The maximum absolute atomic E-state index is 17.2. The number of alkyl halides is 3. The summed E-state index contributed by atoms with van der Waals surface area (Å²) in [7, 11) is 1.31. The third-order valence-corrected chi connectivity index (χ3v) is 12.7. The normalized spacial score (nSPS) is 23.1. The highest BCUT2D eigenvalue weighted by molar-refractivity contribution is 6.43. The number of amides is 1. The summed E-state index contributed by atoms with van der Waals surface area (Å²) in [5.41, 5.74) is 2.60. The zero-order valence-corrected chi connectivity index (χ0v) is 31.9. The van der Waals surface area contributed by atoms with Gasteiger partial charge in [-0.2, -0.15) is 18.4 Å². The minimum atomic E-state index is -4.65. The summed E-state index contributed by atoms with van der Waals surface area (Å²) in [6, 6.07) is 11.7. The van der Waals surface area contributed by atoms with E-state index in [4.69, 9.17) is 37.7 Å². The standard InChI is InChI=1S/C41H36Cl2F4N6O3/c1-19-26-15-31(30-14-24(18-52(30)40(54)20-8-9-20)56-32-13-23(41(45,46)47)17-50-39(32)55-2)53(37-22-12-29(37)49-16-22)38(26)27-11-21(5-4-10-48)33(35(44)36(27)51-19)25-6-3-7-28(42)34(25)43/h3,6-7,11,13,15,17,20,22,24,29-30,37,49H,4-5,8-9,12,14,16,18H2,1-2H3/t22-,24+,29-,30-,37+/m1/s1. The van der Waals surface area contributed by atoms with Crippen LogP contribution in [0.4, 0.5) is 17.6 Å². The van der Waals surface area contributed by atoms with Gasteiger partial charge in [0, 0.05) is 70.8 Å². The molecule has 9 nitrogen and oxygen atoms in total. The molecular weight excluding hydrogens is 771 g/mol. The molecule has 5 aliphatic rings. The number of carbonyl (C=O) groups is 1. The Labute approximate surface area is 329 Å². The second-order valence-electron chi connectivity index (χ2n) is 15.3. The molecule has 1 N–H and O–H groups in total. The molecule has 0 spiro atoms. The number of methoxy groups -OCH3 is 1. The quantitative estimate of drug-likeness (QED) is 0.148. The molecule has 6 heterocycles. The van der Waals surface area contributed by atoms with E-state index in [2.05, 4.69) is 20.9 Å². The van der Waals surface area contributed by atoms with Gasteiger partial charge in [-0.1, -0.05) is 35.3 Å². The number of hydrogen-bond acceptors (Lipinski definition) is 7. The number of hydrogen-bond donors (Lipinski definition) is 1. The van der Waals surface area contributed by atoms with Gasteiger partial charge in [-0.25, -0.2) is 14.4 Å². The molecule has 3 saturated heterocycles. The van der Waals surface area contributed by atoms with Gasteiger partial charge >= 0.3 is 6.18 Å². The van der Waals surface area contributed by atoms with Crippen molar-refractivity contribution in [1.82, 2.24) is 24.8 Å². The zero-order valence-electron chi connectivity index (χ0n) is 30.4. The molecule has 15 heteroatoms. The van der Waals surface area contributed by atoms with Crippen LogP contribution in [0.2, 0.25) is 10.0 Å². The molecule has 2 aliphatic carbocycles. The van der Waals surface area contributed by atoms with E-state index < -0.39 is 29.7 Å². The number of ether oxygens (including phenoxy) is 2. The highest BCUT2D eigenvalue weighted by Crippen LogP contribution is 2.51. The predicted molar refractivity (Wildman–Crippen MR) is 202 cm³/mol. The Bertz CT molecular complexity index is 2470. The number of halogens is 6. The van der Waals surface area contributed by atoms with Crippen LogP contribution in [-0.2, 0) is 17.4 Å². The molecule has 3 aliphatic heterocycles. The van der Waals surface area contributed by atoms with Crippen LogP contribution in [0.3, 0.4) is 0 Å². The number of fused-ring (bicyclic) bond motifs is 4. The molecule has 2 saturated carbocycles. The van der Waals surface area contributed by atoms with Crippen molar-refractivity contribution in [2.45, 2.75) is 75.9 Å². The molecule has 5 aromatic rings. The number of rotatable bonds is 9. The van der Waals surface area contributed by atoms with Crippen molar-refractivity contribution in [3.05, 3.63) is 81.0 Å². The van der Waals surface area contributed by atoms with E-state index in [0.29, 0.717) is 28.4 Å². The molecule has 2 bridgehead atoms. The van der Waals surface area contributed by atoms with E-state index in [1.807, 2.05) is 19.1 Å². The molecule has 5 fully saturated rings. The van der Waals surface area contributed by atoms with Gasteiger partial charge in [0.05, 0.1) is 52.9 Å². The fourth-order valence-electron chi connectivity index (χ4n) is 9.07. The van der Waals surface area contributed by atoms with Gasteiger partial charge in [-0.3, -0.25) is 4.79 Å². The monoisotopic (exact) mass is 806 g/mol. The van der Waals surface area contributed by atoms with E-state index in [-0.39, 0.29) is 88.4 Å². The lowest BCUT2D eigenvalue weighted by Gasteiger charge is -2.39. The van der Waals surface area contributed by atoms with E-state index >= 15 is 4.39 Å². The molecule has 0 radical (unpaired) electrons. The molecule has 1 amide bonds. The molecule has 5 atom stereocenters. The molecule has 0 unspecified atom stereocenters. The Kier molecular flexibility index (Phi) is 9.10. The Balaban J connectivity index is 1.23. The fraction of sp³-hybridized carbons (Fsp3) is 0.415. The highest BCUT2D eigenvalue weighted by atomic mass is 35.5. The average Bonchev–Trinajstić information content (AvgIpc) is 3.45. The number of nitriles is 1. The summed E-state index contributed by atoms with van der Waals surface area (Å²) in [5.74, 6) is -0.708. The summed E-state index contributed by atoms with van der Waals surface area (Å²) in [6.07, 6.45) is -1.47. The summed E-state index contributed by atoms with van der Waals surface area (Å²) in [4.78, 5) is 24.6. The summed E-state index contributed by atoms with van der Waals surface area (Å²) in [6.45, 7) is 2.78. The van der Waals surface area contributed by atoms with Crippen molar-refractivity contribution in [3.63, 3.8) is 0 Å². The maximum atomic E-state index is 17.2. The van der Waals surface area contributed by atoms with E-state index in [1.165, 1.54) is 7.11 Å². The lowest BCUT2D eigenvalue weighted by atomic mass is 9.79. The fourth-order valence-corrected chi connectivity index (χ4v) is 9.47. The van der Waals surface area contributed by atoms with Crippen molar-refractivity contribution >= 4 is 50.9 Å². The molecule has 56 heavy (non-hydrogen) atoms. The van der Waals surface area contributed by atoms with Crippen LogP contribution < -0.4 is 14.8 Å². The summed E-state index contributed by atoms with van der Waals surface area (Å²) in [5, 5.41) is 15.1. The Hall–Kier alpha value is -4.64. The third kappa shape index (κ3) is 6.03. The number of benzene rings is 2. The van der Waals surface area contributed by atoms with Gasteiger partial charge in [0.25, 0.3) is 5.88 Å². The van der Waals surface area contributed by atoms with Crippen LogP contribution >= 0.6 is 23.2 Å². The van der Waals surface area contributed by atoms with Crippen LogP contribution in [0, 0.1) is 35.9 Å². The number of aromatic nitrogens is 3. The summed E-state index contributed by atoms with van der Waals surface area (Å²) >= 11 is 13.1. The minimum Gasteiger partial charge on any atom is -0.483 e. The molecule has 3 aromatic heterocycles. The van der Waals surface area contributed by atoms with Gasteiger partial charge in [0.1, 0.15) is 11.6 Å². The minimum absolute atomic E-state index is 0.00854. The van der Waals surface area contributed by atoms with Crippen molar-refractivity contribution in [2.24, 2.45) is 11.8 Å². The molecule has 2 aromatic carbocycles. The van der Waals surface area contributed by atoms with Crippen LogP contribution in [0.15, 0.2) is 42.6 Å². The highest BCUT2D eigenvalue weighted by Gasteiger charge is 2.51. The topological polar surface area (TPSA) is 105 Å². The van der Waals surface area contributed by atoms with Crippen molar-refractivity contribution in [1.29, 1.82) is 5.26 Å². The lowest BCUT2D eigenvalue weighted by Crippen LogP contribution is -2.41. The zero-order chi connectivity index (χ0) is 39.2. The largest absolute Gasteiger partial charge is 0.483 e. The van der Waals surface area contributed by atoms with E-state index in [1.54, 1.807) is 23.1 Å². The number of nitrogens with zero attached hydrogens (tertiary/aromatic N) is 5. The van der Waals surface area contributed by atoms with Crippen molar-refractivity contribution in [2.75, 3.05) is 20.2 Å². The molecule has 10 rings (SSSR count). The third-order valence-electron chi connectivity index (χ3n) is 11.9. The van der Waals surface area contributed by atoms with Crippen LogP contribution in [-0.4, -0.2) is 57.7 Å². The van der Waals surface area contributed by atoms with Gasteiger partial charge in [0.15, 0.2) is 11.6 Å². The number of pyridine rings is 2. The second kappa shape index (κ2) is 13.8. The summed E-state index contributed by atoms with van der Waals surface area (Å²) < 4.78 is 72.2. The average molecular weight is 808 g/mol. The first-order valence-corrected chi connectivity index (χ1v) is 19.4. The van der Waals surface area contributed by atoms with Crippen molar-refractivity contribution < 1.29 is 31.8 Å². The lowest BCUT2D eigenvalue weighted by molar-refractivity contribution is -0.138. The van der Waals surface area contributed by atoms with Crippen LogP contribution in [0.5, 0.6) is 11.6 Å². The van der Waals surface area contributed by atoms with Gasteiger partial charge in [-0.15, -0.1) is 0 Å². The Morgan fingerprint density at radius 1 is 1.14 bits per heavy atom. The number of aryl methyl sites for hydroxylation is 2. The van der Waals surface area contributed by atoms with Gasteiger partial charge in [-0.05, 0) is 68.4 Å².